The highest BCUT2D eigenvalue weighted by Crippen LogP contribution is 2.23. The molecule has 0 amide bonds. The molecule has 80 valence electrons. The first-order valence-corrected chi connectivity index (χ1v) is 4.59. The van der Waals surface area contributed by atoms with Gasteiger partial charge in [0.25, 0.3) is 0 Å². The van der Waals surface area contributed by atoms with Crippen LogP contribution in [0.15, 0.2) is 12.1 Å². The van der Waals surface area contributed by atoms with Crippen molar-refractivity contribution < 1.29 is 22.4 Å². The molecule has 1 aromatic carbocycles. The lowest BCUT2D eigenvalue weighted by Gasteiger charge is -2.12. The highest BCUT2D eigenvalue weighted by atomic mass is 35.5. The molecule has 0 aromatic heterocycles. The zero-order valence-electron chi connectivity index (χ0n) is 9.19. The molecule has 0 fully saturated rings. The number of hydrogen-bond donors (Lipinski definition) is 2. The number of hydrogen-bond acceptors (Lipinski definition) is 1. The second-order valence-electron chi connectivity index (χ2n) is 3.91. The molecule has 0 radical (unpaired) electrons. The summed E-state index contributed by atoms with van der Waals surface area (Å²) in [5.41, 5.74) is 3.20. The number of nitrogens with one attached hydrogen (secondary N) is 1. The fourth-order valence-electron chi connectivity index (χ4n) is 1.43. The zero-order valence-corrected chi connectivity index (χ0v) is 9.94. The van der Waals surface area contributed by atoms with Gasteiger partial charge >= 0.3 is 0 Å². The average molecular weight is 216 g/mol. The fourth-order valence-corrected chi connectivity index (χ4v) is 1.43. The molecule has 0 atom stereocenters. The molecule has 1 rings (SSSR count). The molecule has 0 aliphatic heterocycles. The summed E-state index contributed by atoms with van der Waals surface area (Å²) in [6.45, 7) is 4.85. The molecular weight excluding hydrogens is 198 g/mol. The number of phenolic OH excluding ortho intramolecular Hbond substituents is 1. The van der Waals surface area contributed by atoms with E-state index in [2.05, 4.69) is 20.2 Å². The monoisotopic (exact) mass is 215 g/mol. The third-order valence-corrected chi connectivity index (χ3v) is 2.25. The Balaban J connectivity index is 0.00000169. The largest absolute Gasteiger partial charge is 1.00 e. The maximum absolute atomic E-state index is 9.81. The van der Waals surface area contributed by atoms with Crippen molar-refractivity contribution >= 4 is 0 Å². The third-order valence-electron chi connectivity index (χ3n) is 2.25. The van der Waals surface area contributed by atoms with Crippen LogP contribution in [0.2, 0.25) is 0 Å². The second-order valence-corrected chi connectivity index (χ2v) is 3.91. The van der Waals surface area contributed by atoms with E-state index in [1.165, 1.54) is 10.5 Å². The number of aromatic hydroxyl groups is 1. The number of halogens is 1. The van der Waals surface area contributed by atoms with Crippen LogP contribution in [0.25, 0.3) is 0 Å². The van der Waals surface area contributed by atoms with Gasteiger partial charge in [-0.15, -0.1) is 0 Å². The van der Waals surface area contributed by atoms with Gasteiger partial charge in [-0.2, -0.15) is 0 Å². The van der Waals surface area contributed by atoms with Gasteiger partial charge in [-0.05, 0) is 25.0 Å². The van der Waals surface area contributed by atoms with Gasteiger partial charge in [0.15, 0.2) is 0 Å². The van der Waals surface area contributed by atoms with Crippen molar-refractivity contribution in [2.24, 2.45) is 0 Å². The molecule has 0 spiro atoms. The van der Waals surface area contributed by atoms with Crippen LogP contribution in [0.1, 0.15) is 16.7 Å². The smallest absolute Gasteiger partial charge is 0.127 e. The maximum atomic E-state index is 9.81. The van der Waals surface area contributed by atoms with Gasteiger partial charge in [0.2, 0.25) is 0 Å². The van der Waals surface area contributed by atoms with Gasteiger partial charge in [-0.3, -0.25) is 0 Å². The van der Waals surface area contributed by atoms with Crippen molar-refractivity contribution in [1.29, 1.82) is 0 Å². The number of phenols is 1. The summed E-state index contributed by atoms with van der Waals surface area (Å²) >= 11 is 0. The van der Waals surface area contributed by atoms with Crippen LogP contribution in [0.4, 0.5) is 0 Å². The van der Waals surface area contributed by atoms with E-state index in [-0.39, 0.29) is 12.4 Å². The summed E-state index contributed by atoms with van der Waals surface area (Å²) in [5.74, 6) is 0.459. The van der Waals surface area contributed by atoms with Crippen molar-refractivity contribution in [3.8, 4) is 5.75 Å². The molecule has 0 heterocycles. The minimum absolute atomic E-state index is 0. The molecule has 0 aliphatic rings. The SMILES string of the molecule is Cc1ccc(C)c(C[NH+](C)C)c1O.[Cl-]. The Labute approximate surface area is 92.0 Å². The first kappa shape index (κ1) is 13.3. The van der Waals surface area contributed by atoms with Crippen molar-refractivity contribution in [3.63, 3.8) is 0 Å². The summed E-state index contributed by atoms with van der Waals surface area (Å²) < 4.78 is 0. The van der Waals surface area contributed by atoms with Gasteiger partial charge < -0.3 is 22.4 Å². The number of benzene rings is 1. The summed E-state index contributed by atoms with van der Waals surface area (Å²) in [6.07, 6.45) is 0. The molecule has 0 bridgehead atoms. The van der Waals surface area contributed by atoms with Crippen molar-refractivity contribution in [2.45, 2.75) is 20.4 Å². The number of rotatable bonds is 2. The third kappa shape index (κ3) is 2.89. The highest BCUT2D eigenvalue weighted by molar-refractivity contribution is 5.43. The fraction of sp³-hybridized carbons (Fsp3) is 0.455. The van der Waals surface area contributed by atoms with E-state index in [4.69, 9.17) is 0 Å². The van der Waals surface area contributed by atoms with Crippen LogP contribution < -0.4 is 17.3 Å². The Morgan fingerprint density at radius 1 is 1.14 bits per heavy atom. The van der Waals surface area contributed by atoms with Crippen molar-refractivity contribution in [3.05, 3.63) is 28.8 Å². The van der Waals surface area contributed by atoms with E-state index in [1.807, 2.05) is 19.9 Å². The lowest BCUT2D eigenvalue weighted by molar-refractivity contribution is -0.872. The van der Waals surface area contributed by atoms with E-state index < -0.39 is 0 Å². The zero-order chi connectivity index (χ0) is 10.0. The molecule has 1 aromatic rings. The van der Waals surface area contributed by atoms with Crippen molar-refractivity contribution in [1.82, 2.24) is 0 Å². The standard InChI is InChI=1S/C11H17NO.ClH/c1-8-5-6-9(2)11(13)10(8)7-12(3)4;/h5-6,13H,7H2,1-4H3;1H. The normalized spacial score (nSPS) is 10.1. The van der Waals surface area contributed by atoms with Gasteiger partial charge in [0.1, 0.15) is 12.3 Å². The van der Waals surface area contributed by atoms with Crippen molar-refractivity contribution in [2.75, 3.05) is 14.1 Å². The van der Waals surface area contributed by atoms with Gasteiger partial charge in [-0.25, -0.2) is 0 Å². The van der Waals surface area contributed by atoms with Crippen LogP contribution in [0, 0.1) is 13.8 Å². The molecule has 0 saturated heterocycles. The van der Waals surface area contributed by atoms with Gasteiger partial charge in [-0.1, -0.05) is 12.1 Å². The topological polar surface area (TPSA) is 24.7 Å². The summed E-state index contributed by atoms with van der Waals surface area (Å²) in [7, 11) is 4.17. The van der Waals surface area contributed by atoms with Crippen LogP contribution in [0.5, 0.6) is 5.75 Å². The van der Waals surface area contributed by atoms with E-state index in [0.29, 0.717) is 5.75 Å². The highest BCUT2D eigenvalue weighted by Gasteiger charge is 2.09. The minimum Gasteiger partial charge on any atom is -1.00 e. The Hall–Kier alpha value is -0.730. The molecule has 2 nitrogen and oxygen atoms in total. The Kier molecular flexibility index (Phi) is 4.95. The summed E-state index contributed by atoms with van der Waals surface area (Å²) in [4.78, 5) is 1.32. The van der Waals surface area contributed by atoms with E-state index in [0.717, 1.165) is 17.7 Å². The van der Waals surface area contributed by atoms with E-state index in [9.17, 15) is 5.11 Å². The Morgan fingerprint density at radius 2 is 1.64 bits per heavy atom. The Morgan fingerprint density at radius 3 is 2.14 bits per heavy atom. The van der Waals surface area contributed by atoms with Crippen LogP contribution in [-0.4, -0.2) is 19.2 Å². The molecule has 0 aliphatic carbocycles. The Bertz CT molecular complexity index is 310. The second kappa shape index (κ2) is 5.23. The number of aryl methyl sites for hydroxylation is 2. The first-order chi connectivity index (χ1) is 6.02. The van der Waals surface area contributed by atoms with Crippen LogP contribution in [0.3, 0.4) is 0 Å². The minimum atomic E-state index is 0. The van der Waals surface area contributed by atoms with Crippen LogP contribution >= 0.6 is 0 Å². The number of quaternary nitrogens is 1. The molecule has 0 unspecified atom stereocenters. The predicted octanol–water partition coefficient (Wildman–Crippen LogP) is -2.34. The molecular formula is C11H18ClNO. The van der Waals surface area contributed by atoms with Crippen LogP contribution in [-0.2, 0) is 6.54 Å². The first-order valence-electron chi connectivity index (χ1n) is 4.59. The molecule has 2 N–H and O–H groups in total. The van der Waals surface area contributed by atoms with Gasteiger partial charge in [0, 0.05) is 0 Å². The van der Waals surface area contributed by atoms with Gasteiger partial charge in [0.05, 0.1) is 19.7 Å². The lowest BCUT2D eigenvalue weighted by atomic mass is 10.0. The molecule has 3 heteroatoms. The van der Waals surface area contributed by atoms with E-state index >= 15 is 0 Å². The summed E-state index contributed by atoms with van der Waals surface area (Å²) in [6, 6.07) is 4.02. The summed E-state index contributed by atoms with van der Waals surface area (Å²) in [5, 5.41) is 9.81. The maximum Gasteiger partial charge on any atom is 0.127 e. The quantitative estimate of drug-likeness (QED) is 0.568. The molecule has 14 heavy (non-hydrogen) atoms. The average Bonchev–Trinajstić information content (AvgIpc) is 2.05. The predicted molar refractivity (Wildman–Crippen MR) is 54.1 cm³/mol. The lowest BCUT2D eigenvalue weighted by Crippen LogP contribution is -3.04. The van der Waals surface area contributed by atoms with E-state index in [1.54, 1.807) is 0 Å². The molecule has 0 saturated carbocycles.